The Labute approximate surface area is 208 Å². The maximum Gasteiger partial charge on any atom is 0.266 e. The van der Waals surface area contributed by atoms with Gasteiger partial charge in [-0.25, -0.2) is 14.9 Å². The van der Waals surface area contributed by atoms with E-state index in [9.17, 15) is 9.59 Å². The topological polar surface area (TPSA) is 62.7 Å². The lowest BCUT2D eigenvalue weighted by molar-refractivity contribution is -0.126. The molecule has 0 spiro atoms. The second-order valence-corrected chi connectivity index (χ2v) is 9.48. The molecule has 2 aliphatic rings. The van der Waals surface area contributed by atoms with E-state index in [-0.39, 0.29) is 11.1 Å². The number of fused-ring (bicyclic) bond motifs is 2. The molecule has 6 nitrogen and oxygen atoms in total. The Kier molecular flexibility index (Phi) is 5.13. The first-order valence-corrected chi connectivity index (χ1v) is 11.9. The van der Waals surface area contributed by atoms with E-state index in [0.717, 1.165) is 21.1 Å². The van der Waals surface area contributed by atoms with Gasteiger partial charge in [-0.1, -0.05) is 63.9 Å². The molecule has 1 aromatic heterocycles. The Hall–Kier alpha value is -3.26. The van der Waals surface area contributed by atoms with Crippen molar-refractivity contribution in [2.75, 3.05) is 9.96 Å². The highest BCUT2D eigenvalue weighted by molar-refractivity contribution is 9.10. The molecule has 3 aromatic carbocycles. The fourth-order valence-corrected chi connectivity index (χ4v) is 5.21. The molecule has 8 heteroatoms. The van der Waals surface area contributed by atoms with E-state index in [2.05, 4.69) is 20.9 Å². The van der Waals surface area contributed by atoms with Crippen molar-refractivity contribution in [3.63, 3.8) is 0 Å². The second kappa shape index (κ2) is 8.20. The zero-order valence-electron chi connectivity index (χ0n) is 17.6. The molecule has 3 atom stereocenters. The lowest BCUT2D eigenvalue weighted by Gasteiger charge is -2.29. The molecule has 2 aliphatic heterocycles. The standard InChI is InChI=1S/C26H17BrClN3O3/c27-16-10-12-17(13-11-16)30-25(32)21-22(19-14-15-6-4-5-9-20(15)29-24(19)28)31(34-23(21)26(30)33)18-7-2-1-3-8-18/h1-14,21-23H. The summed E-state index contributed by atoms with van der Waals surface area (Å²) in [6, 6.07) is 25.4. The third kappa shape index (κ3) is 3.31. The summed E-state index contributed by atoms with van der Waals surface area (Å²) in [6.45, 7) is 0. The van der Waals surface area contributed by atoms with Crippen LogP contribution in [0.2, 0.25) is 5.15 Å². The van der Waals surface area contributed by atoms with E-state index in [1.54, 1.807) is 29.3 Å². The van der Waals surface area contributed by atoms with Gasteiger partial charge in [0.1, 0.15) is 11.1 Å². The van der Waals surface area contributed by atoms with Crippen LogP contribution in [0.1, 0.15) is 11.6 Å². The quantitative estimate of drug-likeness (QED) is 0.249. The van der Waals surface area contributed by atoms with Crippen LogP contribution >= 0.6 is 27.5 Å². The first kappa shape index (κ1) is 21.3. The monoisotopic (exact) mass is 533 g/mol. The van der Waals surface area contributed by atoms with Crippen molar-refractivity contribution in [1.29, 1.82) is 0 Å². The van der Waals surface area contributed by atoms with E-state index >= 15 is 0 Å². The molecule has 0 aliphatic carbocycles. The highest BCUT2D eigenvalue weighted by Crippen LogP contribution is 2.49. The van der Waals surface area contributed by atoms with Crippen molar-refractivity contribution in [1.82, 2.24) is 4.98 Å². The van der Waals surface area contributed by atoms with Gasteiger partial charge < -0.3 is 0 Å². The minimum atomic E-state index is -0.969. The second-order valence-electron chi connectivity index (χ2n) is 8.21. The van der Waals surface area contributed by atoms with Gasteiger partial charge in [0.2, 0.25) is 5.91 Å². The molecule has 0 radical (unpaired) electrons. The van der Waals surface area contributed by atoms with Crippen LogP contribution in [-0.2, 0) is 14.4 Å². The van der Waals surface area contributed by atoms with Gasteiger partial charge in [0.15, 0.2) is 6.10 Å². The predicted octanol–water partition coefficient (Wildman–Crippen LogP) is 5.70. The molecule has 6 rings (SSSR count). The molecular formula is C26H17BrClN3O3. The normalized spacial score (nSPS) is 22.0. The number of pyridine rings is 1. The lowest BCUT2D eigenvalue weighted by atomic mass is 9.90. The number of nitrogens with zero attached hydrogens (tertiary/aromatic N) is 3. The van der Waals surface area contributed by atoms with Crippen LogP contribution in [0.5, 0.6) is 0 Å². The van der Waals surface area contributed by atoms with Crippen LogP contribution < -0.4 is 9.96 Å². The van der Waals surface area contributed by atoms with Crippen molar-refractivity contribution < 1.29 is 14.4 Å². The van der Waals surface area contributed by atoms with E-state index in [4.69, 9.17) is 16.4 Å². The zero-order valence-corrected chi connectivity index (χ0v) is 20.0. The summed E-state index contributed by atoms with van der Waals surface area (Å²) in [5.74, 6) is -1.51. The lowest BCUT2D eigenvalue weighted by Crippen LogP contribution is -2.37. The maximum atomic E-state index is 13.7. The first-order chi connectivity index (χ1) is 16.5. The number of amides is 2. The number of aromatic nitrogens is 1. The van der Waals surface area contributed by atoms with Crippen LogP contribution in [0.3, 0.4) is 0 Å². The van der Waals surface area contributed by atoms with Crippen molar-refractivity contribution in [2.24, 2.45) is 5.92 Å². The van der Waals surface area contributed by atoms with Gasteiger partial charge in [0.05, 0.1) is 22.9 Å². The van der Waals surface area contributed by atoms with Crippen LogP contribution in [0, 0.1) is 5.92 Å². The molecule has 3 heterocycles. The number of carbonyl (C=O) groups excluding carboxylic acids is 2. The summed E-state index contributed by atoms with van der Waals surface area (Å²) >= 11 is 10.1. The molecule has 2 saturated heterocycles. The Bertz CT molecular complexity index is 1430. The van der Waals surface area contributed by atoms with Gasteiger partial charge >= 0.3 is 0 Å². The van der Waals surface area contributed by atoms with Crippen LogP contribution in [0.25, 0.3) is 10.9 Å². The number of anilines is 2. The van der Waals surface area contributed by atoms with Gasteiger partial charge in [0, 0.05) is 15.4 Å². The van der Waals surface area contributed by atoms with E-state index in [1.165, 1.54) is 4.90 Å². The third-order valence-corrected chi connectivity index (χ3v) is 7.07. The summed E-state index contributed by atoms with van der Waals surface area (Å²) in [4.78, 5) is 39.1. The van der Waals surface area contributed by atoms with Crippen LogP contribution in [0.15, 0.2) is 89.4 Å². The Morgan fingerprint density at radius 3 is 2.32 bits per heavy atom. The average Bonchev–Trinajstić information content (AvgIpc) is 3.36. The van der Waals surface area contributed by atoms with Gasteiger partial charge in [-0.05, 0) is 48.5 Å². The molecule has 0 N–H and O–H groups in total. The molecule has 2 fully saturated rings. The summed E-state index contributed by atoms with van der Waals surface area (Å²) in [5, 5.41) is 2.79. The Balaban J connectivity index is 1.49. The number of hydrogen-bond acceptors (Lipinski definition) is 5. The highest BCUT2D eigenvalue weighted by atomic mass is 79.9. The predicted molar refractivity (Wildman–Crippen MR) is 133 cm³/mol. The number of para-hydroxylation sites is 2. The zero-order chi connectivity index (χ0) is 23.4. The van der Waals surface area contributed by atoms with E-state index in [0.29, 0.717) is 11.3 Å². The summed E-state index contributed by atoms with van der Waals surface area (Å²) in [7, 11) is 0. The van der Waals surface area contributed by atoms with E-state index in [1.807, 2.05) is 60.7 Å². The summed E-state index contributed by atoms with van der Waals surface area (Å²) in [6.07, 6.45) is -0.969. The molecule has 0 bridgehead atoms. The van der Waals surface area contributed by atoms with Gasteiger partial charge in [0.25, 0.3) is 5.91 Å². The van der Waals surface area contributed by atoms with E-state index < -0.39 is 24.0 Å². The highest BCUT2D eigenvalue weighted by Gasteiger charge is 2.60. The third-order valence-electron chi connectivity index (χ3n) is 6.23. The number of halogens is 2. The number of benzene rings is 3. The van der Waals surface area contributed by atoms with Crippen LogP contribution in [-0.4, -0.2) is 22.9 Å². The van der Waals surface area contributed by atoms with Gasteiger partial charge in [-0.3, -0.25) is 14.4 Å². The van der Waals surface area contributed by atoms with Crippen molar-refractivity contribution in [3.05, 3.63) is 100 Å². The molecule has 4 aromatic rings. The minimum Gasteiger partial charge on any atom is -0.273 e. The minimum absolute atomic E-state index is 0.274. The number of hydroxylamine groups is 1. The van der Waals surface area contributed by atoms with Crippen molar-refractivity contribution in [3.8, 4) is 0 Å². The number of carbonyl (C=O) groups is 2. The SMILES string of the molecule is O=C1C2ON(c3ccccc3)C(c3cc4ccccc4nc3Cl)C2C(=O)N1c1ccc(Br)cc1. The fraction of sp³-hybridized carbons (Fsp3) is 0.115. The molecule has 3 unspecified atom stereocenters. The first-order valence-electron chi connectivity index (χ1n) is 10.7. The molecule has 34 heavy (non-hydrogen) atoms. The molecule has 168 valence electrons. The number of rotatable bonds is 3. The Morgan fingerprint density at radius 2 is 1.56 bits per heavy atom. The summed E-state index contributed by atoms with van der Waals surface area (Å²) in [5.41, 5.74) is 2.62. The molecular weight excluding hydrogens is 518 g/mol. The van der Waals surface area contributed by atoms with Gasteiger partial charge in [-0.2, -0.15) is 0 Å². The largest absolute Gasteiger partial charge is 0.273 e. The number of imide groups is 1. The van der Waals surface area contributed by atoms with Crippen molar-refractivity contribution in [2.45, 2.75) is 12.1 Å². The maximum absolute atomic E-state index is 13.7. The molecule has 0 saturated carbocycles. The fourth-order valence-electron chi connectivity index (χ4n) is 4.69. The smallest absolute Gasteiger partial charge is 0.266 e. The number of hydrogen-bond donors (Lipinski definition) is 0. The Morgan fingerprint density at radius 1 is 0.853 bits per heavy atom. The average molecular weight is 535 g/mol. The summed E-state index contributed by atoms with van der Waals surface area (Å²) < 4.78 is 0.855. The molecule has 2 amide bonds. The van der Waals surface area contributed by atoms with Crippen molar-refractivity contribution >= 4 is 61.6 Å². The van der Waals surface area contributed by atoms with Gasteiger partial charge in [-0.15, -0.1) is 0 Å². The van der Waals surface area contributed by atoms with Crippen LogP contribution in [0.4, 0.5) is 11.4 Å².